The van der Waals surface area contributed by atoms with Gasteiger partial charge in [-0.05, 0) is 32.0 Å². The zero-order chi connectivity index (χ0) is 13.5. The summed E-state index contributed by atoms with van der Waals surface area (Å²) >= 11 is 1.55. The largest absolute Gasteiger partial charge is 0.478 e. The molecule has 0 aliphatic heterocycles. The molecule has 0 fully saturated rings. The number of aromatic carboxylic acids is 1. The molecule has 0 amide bonds. The highest BCUT2D eigenvalue weighted by Crippen LogP contribution is 2.28. The minimum Gasteiger partial charge on any atom is -0.478 e. The monoisotopic (exact) mass is 268 g/mol. The van der Waals surface area contributed by atoms with E-state index in [2.05, 4.69) is 10.2 Å². The second-order valence-corrected chi connectivity index (χ2v) is 5.45. The molecule has 0 saturated carbocycles. The second kappa shape index (κ2) is 7.28. The molecule has 100 valence electrons. The Balaban J connectivity index is 2.88. The fourth-order valence-corrected chi connectivity index (χ4v) is 2.42. The first-order valence-electron chi connectivity index (χ1n) is 5.94. The van der Waals surface area contributed by atoms with E-state index in [1.54, 1.807) is 11.8 Å². The highest BCUT2D eigenvalue weighted by molar-refractivity contribution is 7.99. The summed E-state index contributed by atoms with van der Waals surface area (Å²) in [7, 11) is 3.98. The number of carboxylic acid groups (broad SMARTS) is 1. The summed E-state index contributed by atoms with van der Waals surface area (Å²) in [5, 5.41) is 12.5. The molecule has 0 saturated heterocycles. The van der Waals surface area contributed by atoms with Crippen molar-refractivity contribution in [1.29, 1.82) is 0 Å². The molecule has 18 heavy (non-hydrogen) atoms. The standard InChI is InChI=1S/C13H20N2O2S/c1-4-18-11-7-5-6-10(12(11)13(16)17)14-8-9-15(2)3/h5-7,14H,4,8-9H2,1-3H3,(H,16,17). The van der Waals surface area contributed by atoms with Crippen molar-refractivity contribution in [2.24, 2.45) is 0 Å². The topological polar surface area (TPSA) is 52.6 Å². The number of nitrogens with zero attached hydrogens (tertiary/aromatic N) is 1. The average molecular weight is 268 g/mol. The summed E-state index contributed by atoms with van der Waals surface area (Å²) in [4.78, 5) is 14.2. The predicted octanol–water partition coefficient (Wildman–Crippen LogP) is 2.47. The van der Waals surface area contributed by atoms with Gasteiger partial charge in [-0.25, -0.2) is 4.79 Å². The van der Waals surface area contributed by atoms with Crippen LogP contribution in [0.1, 0.15) is 17.3 Å². The number of thioether (sulfide) groups is 1. The Kier molecular flexibility index (Phi) is 6.01. The Morgan fingerprint density at radius 1 is 1.44 bits per heavy atom. The zero-order valence-electron chi connectivity index (χ0n) is 11.1. The molecule has 0 radical (unpaired) electrons. The summed E-state index contributed by atoms with van der Waals surface area (Å²) < 4.78 is 0. The Hall–Kier alpha value is -1.20. The lowest BCUT2D eigenvalue weighted by atomic mass is 10.2. The molecule has 1 aromatic rings. The molecule has 2 N–H and O–H groups in total. The minimum absolute atomic E-state index is 0.378. The Morgan fingerprint density at radius 3 is 2.72 bits per heavy atom. The highest BCUT2D eigenvalue weighted by atomic mass is 32.2. The maximum absolute atomic E-state index is 11.4. The van der Waals surface area contributed by atoms with Crippen molar-refractivity contribution in [2.75, 3.05) is 38.3 Å². The first-order chi connectivity index (χ1) is 8.56. The predicted molar refractivity (Wildman–Crippen MR) is 76.8 cm³/mol. The van der Waals surface area contributed by atoms with Crippen LogP contribution in [-0.2, 0) is 0 Å². The summed E-state index contributed by atoms with van der Waals surface area (Å²) in [6.07, 6.45) is 0. The van der Waals surface area contributed by atoms with E-state index in [4.69, 9.17) is 0 Å². The van der Waals surface area contributed by atoms with Gasteiger partial charge in [0.1, 0.15) is 0 Å². The lowest BCUT2D eigenvalue weighted by Crippen LogP contribution is -2.21. The van der Waals surface area contributed by atoms with E-state index in [1.807, 2.05) is 39.2 Å². The fraction of sp³-hybridized carbons (Fsp3) is 0.462. The maximum atomic E-state index is 11.4. The lowest BCUT2D eigenvalue weighted by molar-refractivity contribution is 0.0694. The summed E-state index contributed by atoms with van der Waals surface area (Å²) in [6.45, 7) is 3.61. The van der Waals surface area contributed by atoms with E-state index in [1.165, 1.54) is 0 Å². The number of benzene rings is 1. The number of anilines is 1. The number of likely N-dealkylation sites (N-methyl/N-ethyl adjacent to an activating group) is 1. The van der Waals surface area contributed by atoms with Crippen LogP contribution in [0.2, 0.25) is 0 Å². The number of nitrogens with one attached hydrogen (secondary N) is 1. The normalized spacial score (nSPS) is 10.7. The van der Waals surface area contributed by atoms with E-state index in [9.17, 15) is 9.90 Å². The van der Waals surface area contributed by atoms with Gasteiger partial charge in [-0.15, -0.1) is 11.8 Å². The van der Waals surface area contributed by atoms with Crippen LogP contribution >= 0.6 is 11.8 Å². The van der Waals surface area contributed by atoms with Crippen LogP contribution in [0.5, 0.6) is 0 Å². The molecule has 0 unspecified atom stereocenters. The van der Waals surface area contributed by atoms with Crippen molar-refractivity contribution in [2.45, 2.75) is 11.8 Å². The molecule has 0 aromatic heterocycles. The molecule has 0 heterocycles. The van der Waals surface area contributed by atoms with Crippen LogP contribution in [-0.4, -0.2) is 48.9 Å². The summed E-state index contributed by atoms with van der Waals surface area (Å²) in [5.74, 6) is -0.0135. The third-order valence-electron chi connectivity index (χ3n) is 2.41. The van der Waals surface area contributed by atoms with Crippen LogP contribution in [0.3, 0.4) is 0 Å². The van der Waals surface area contributed by atoms with Gasteiger partial charge in [-0.2, -0.15) is 0 Å². The molecule has 0 aliphatic rings. The third kappa shape index (κ3) is 4.23. The Morgan fingerprint density at radius 2 is 2.17 bits per heavy atom. The molecule has 0 spiro atoms. The van der Waals surface area contributed by atoms with Crippen molar-refractivity contribution in [1.82, 2.24) is 4.90 Å². The number of hydrogen-bond acceptors (Lipinski definition) is 4. The van der Waals surface area contributed by atoms with E-state index in [0.29, 0.717) is 11.3 Å². The Labute approximate surface area is 112 Å². The third-order valence-corrected chi connectivity index (χ3v) is 3.35. The summed E-state index contributed by atoms with van der Waals surface area (Å²) in [6, 6.07) is 5.57. The van der Waals surface area contributed by atoms with Crippen LogP contribution < -0.4 is 5.32 Å². The Bertz CT molecular complexity index is 408. The van der Waals surface area contributed by atoms with Gasteiger partial charge in [0.15, 0.2) is 0 Å². The second-order valence-electron chi connectivity index (χ2n) is 4.15. The van der Waals surface area contributed by atoms with Gasteiger partial charge in [-0.1, -0.05) is 13.0 Å². The van der Waals surface area contributed by atoms with Gasteiger partial charge in [0.05, 0.1) is 5.56 Å². The van der Waals surface area contributed by atoms with Crippen LogP contribution in [0.25, 0.3) is 0 Å². The molecule has 0 aliphatic carbocycles. The fourth-order valence-electron chi connectivity index (χ4n) is 1.59. The van der Waals surface area contributed by atoms with E-state index in [0.717, 1.165) is 23.7 Å². The van der Waals surface area contributed by atoms with Crippen molar-refractivity contribution >= 4 is 23.4 Å². The van der Waals surface area contributed by atoms with Crippen molar-refractivity contribution < 1.29 is 9.90 Å². The number of hydrogen-bond donors (Lipinski definition) is 2. The minimum atomic E-state index is -0.876. The van der Waals surface area contributed by atoms with Crippen LogP contribution in [0, 0.1) is 0 Å². The SMILES string of the molecule is CCSc1cccc(NCCN(C)C)c1C(=O)O. The average Bonchev–Trinajstić information content (AvgIpc) is 2.28. The van der Waals surface area contributed by atoms with Crippen LogP contribution in [0.15, 0.2) is 23.1 Å². The van der Waals surface area contributed by atoms with E-state index in [-0.39, 0.29) is 0 Å². The van der Waals surface area contributed by atoms with Gasteiger partial charge < -0.3 is 15.3 Å². The molecule has 4 nitrogen and oxygen atoms in total. The van der Waals surface area contributed by atoms with Crippen molar-refractivity contribution in [3.8, 4) is 0 Å². The van der Waals surface area contributed by atoms with Gasteiger partial charge in [0.25, 0.3) is 0 Å². The maximum Gasteiger partial charge on any atom is 0.338 e. The quantitative estimate of drug-likeness (QED) is 0.744. The summed E-state index contributed by atoms with van der Waals surface area (Å²) in [5.41, 5.74) is 1.07. The molecule has 1 rings (SSSR count). The number of carboxylic acids is 1. The van der Waals surface area contributed by atoms with Gasteiger partial charge in [0, 0.05) is 23.7 Å². The molecule has 5 heteroatoms. The van der Waals surface area contributed by atoms with Crippen molar-refractivity contribution in [3.05, 3.63) is 23.8 Å². The molecule has 0 atom stereocenters. The van der Waals surface area contributed by atoms with E-state index < -0.39 is 5.97 Å². The van der Waals surface area contributed by atoms with Gasteiger partial charge >= 0.3 is 5.97 Å². The smallest absolute Gasteiger partial charge is 0.338 e. The highest BCUT2D eigenvalue weighted by Gasteiger charge is 2.15. The molecular weight excluding hydrogens is 248 g/mol. The van der Waals surface area contributed by atoms with Gasteiger partial charge in [0.2, 0.25) is 0 Å². The molecule has 1 aromatic carbocycles. The van der Waals surface area contributed by atoms with Crippen molar-refractivity contribution in [3.63, 3.8) is 0 Å². The molecular formula is C13H20N2O2S. The van der Waals surface area contributed by atoms with Crippen LogP contribution in [0.4, 0.5) is 5.69 Å². The van der Waals surface area contributed by atoms with Gasteiger partial charge in [-0.3, -0.25) is 0 Å². The first-order valence-corrected chi connectivity index (χ1v) is 6.92. The lowest BCUT2D eigenvalue weighted by Gasteiger charge is -2.14. The zero-order valence-corrected chi connectivity index (χ0v) is 11.9. The van der Waals surface area contributed by atoms with E-state index >= 15 is 0 Å². The molecule has 0 bridgehead atoms. The number of rotatable bonds is 7. The first kappa shape index (κ1) is 14.9. The number of carbonyl (C=O) groups is 1.